The Kier molecular flexibility index (Phi) is 8.07. The molecular formula is C62H42N2. The number of nitrogens with zero attached hydrogens (tertiary/aromatic N) is 2. The zero-order valence-corrected chi connectivity index (χ0v) is 35.7. The predicted molar refractivity (Wildman–Crippen MR) is 271 cm³/mol. The highest BCUT2D eigenvalue weighted by molar-refractivity contribution is 6.13. The van der Waals surface area contributed by atoms with Gasteiger partial charge in [0.2, 0.25) is 0 Å². The van der Waals surface area contributed by atoms with Gasteiger partial charge in [0, 0.05) is 32.9 Å². The maximum atomic E-state index is 2.47. The molecule has 0 amide bonds. The normalized spacial score (nSPS) is 11.9. The Morgan fingerprint density at radius 2 is 0.562 bits per heavy atom. The smallest absolute Gasteiger partial charge is 0.0541 e. The van der Waals surface area contributed by atoms with Crippen molar-refractivity contribution >= 4 is 43.6 Å². The molecule has 0 bridgehead atoms. The van der Waals surface area contributed by atoms with E-state index < -0.39 is 0 Å². The first-order valence-electron chi connectivity index (χ1n) is 22.3. The highest BCUT2D eigenvalue weighted by atomic mass is 15.0. The molecule has 0 fully saturated rings. The Labute approximate surface area is 372 Å². The minimum atomic E-state index is 1.14. The summed E-state index contributed by atoms with van der Waals surface area (Å²) in [6.07, 6.45) is 0. The molecule has 0 saturated carbocycles. The van der Waals surface area contributed by atoms with Crippen molar-refractivity contribution in [3.8, 4) is 78.1 Å². The van der Waals surface area contributed by atoms with Gasteiger partial charge in [0.1, 0.15) is 0 Å². The molecule has 10 aromatic carbocycles. The number of hydrogen-bond donors (Lipinski definition) is 0. The van der Waals surface area contributed by atoms with E-state index in [1.807, 2.05) is 0 Å². The summed E-state index contributed by atoms with van der Waals surface area (Å²) in [5.41, 5.74) is 24.4. The summed E-state index contributed by atoms with van der Waals surface area (Å²) in [6.45, 7) is 4.40. The quantitative estimate of drug-likeness (QED) is 0.167. The largest absolute Gasteiger partial charge is 0.309 e. The molecule has 0 aliphatic heterocycles. The third kappa shape index (κ3) is 5.46. The zero-order valence-electron chi connectivity index (χ0n) is 35.7. The van der Waals surface area contributed by atoms with E-state index in [0.717, 1.165) is 11.4 Å². The van der Waals surface area contributed by atoms with E-state index in [4.69, 9.17) is 0 Å². The molecule has 0 saturated heterocycles. The molecular weight excluding hydrogens is 773 g/mol. The number of para-hydroxylation sites is 2. The van der Waals surface area contributed by atoms with Crippen LogP contribution in [0.3, 0.4) is 0 Å². The first kappa shape index (κ1) is 36.5. The molecule has 0 spiro atoms. The molecule has 0 radical (unpaired) electrons. The van der Waals surface area contributed by atoms with Crippen LogP contribution in [-0.2, 0) is 0 Å². The van der Waals surface area contributed by atoms with Gasteiger partial charge in [0.05, 0.1) is 22.1 Å². The van der Waals surface area contributed by atoms with Crippen LogP contribution in [0.1, 0.15) is 11.1 Å². The third-order valence-corrected chi connectivity index (χ3v) is 13.8. The van der Waals surface area contributed by atoms with Crippen LogP contribution in [0.4, 0.5) is 0 Å². The number of aromatic nitrogens is 2. The van der Waals surface area contributed by atoms with E-state index in [2.05, 4.69) is 241 Å². The molecule has 0 unspecified atom stereocenters. The number of rotatable bonds is 4. The van der Waals surface area contributed by atoms with Gasteiger partial charge in [-0.15, -0.1) is 0 Å². The summed E-state index contributed by atoms with van der Waals surface area (Å²) in [6, 6.07) is 81.2. The summed E-state index contributed by atoms with van der Waals surface area (Å²) in [5.74, 6) is 0. The lowest BCUT2D eigenvalue weighted by Gasteiger charge is -2.25. The predicted octanol–water partition coefficient (Wildman–Crippen LogP) is 16.8. The minimum Gasteiger partial charge on any atom is -0.309 e. The van der Waals surface area contributed by atoms with Crippen molar-refractivity contribution in [2.45, 2.75) is 13.8 Å². The zero-order chi connectivity index (χ0) is 42.5. The molecule has 2 heteroatoms. The maximum Gasteiger partial charge on any atom is 0.0541 e. The summed E-state index contributed by atoms with van der Waals surface area (Å²) >= 11 is 0. The number of hydrogen-bond acceptors (Lipinski definition) is 0. The Bertz CT molecular complexity index is 3620. The molecule has 2 heterocycles. The standard InChI is InChI=1S/C62H42N2/c1-39-15-3-5-17-45(39)41-27-33-61-57(35-41)53-23-11-13-25-59(53)63(61)43-29-31-51-49-21-9-7-19-47(49)48-20-8-10-22-50(48)52-32-30-44(38-56(52)55(51)37-43)64-60-26-14-12-24-54(60)58-36-42(28-34-62(58)64)46-18-6-4-16-40(46)2/h3-38H,1-2H3. The molecule has 2 nitrogen and oxygen atoms in total. The minimum absolute atomic E-state index is 1.14. The van der Waals surface area contributed by atoms with Gasteiger partial charge in [0.15, 0.2) is 0 Å². The Morgan fingerprint density at radius 1 is 0.234 bits per heavy atom. The van der Waals surface area contributed by atoms with Gasteiger partial charge in [-0.1, -0.05) is 158 Å². The van der Waals surface area contributed by atoms with Crippen LogP contribution in [0.15, 0.2) is 218 Å². The first-order valence-corrected chi connectivity index (χ1v) is 22.3. The Balaban J connectivity index is 1.08. The Morgan fingerprint density at radius 3 is 0.969 bits per heavy atom. The van der Waals surface area contributed by atoms with Crippen molar-refractivity contribution in [2.24, 2.45) is 0 Å². The summed E-state index contributed by atoms with van der Waals surface area (Å²) < 4.78 is 4.93. The van der Waals surface area contributed by atoms with Gasteiger partial charge >= 0.3 is 0 Å². The molecule has 1 aliphatic rings. The number of aryl methyl sites for hydroxylation is 2. The summed E-state index contributed by atoms with van der Waals surface area (Å²) in [5, 5.41) is 5.00. The second-order valence-electron chi connectivity index (χ2n) is 17.3. The van der Waals surface area contributed by atoms with E-state index in [1.165, 1.54) is 122 Å². The van der Waals surface area contributed by atoms with E-state index in [0.29, 0.717) is 0 Å². The summed E-state index contributed by atoms with van der Waals surface area (Å²) in [7, 11) is 0. The molecule has 2 aromatic heterocycles. The fraction of sp³-hybridized carbons (Fsp3) is 0.0323. The first-order chi connectivity index (χ1) is 31.6. The molecule has 0 N–H and O–H groups in total. The monoisotopic (exact) mass is 814 g/mol. The van der Waals surface area contributed by atoms with Crippen LogP contribution in [0, 0.1) is 13.8 Å². The fourth-order valence-corrected chi connectivity index (χ4v) is 10.8. The van der Waals surface area contributed by atoms with Crippen molar-refractivity contribution in [1.82, 2.24) is 9.13 Å². The lowest BCUT2D eigenvalue weighted by Crippen LogP contribution is -2.01. The van der Waals surface area contributed by atoms with Crippen LogP contribution in [0.25, 0.3) is 122 Å². The van der Waals surface area contributed by atoms with Crippen LogP contribution in [-0.4, -0.2) is 9.13 Å². The van der Waals surface area contributed by atoms with Gasteiger partial charge < -0.3 is 9.13 Å². The lowest BCUT2D eigenvalue weighted by molar-refractivity contribution is 1.17. The van der Waals surface area contributed by atoms with Gasteiger partial charge in [-0.3, -0.25) is 0 Å². The lowest BCUT2D eigenvalue weighted by atomic mass is 9.80. The molecule has 12 aromatic rings. The van der Waals surface area contributed by atoms with Gasteiger partial charge in [-0.2, -0.15) is 0 Å². The number of fused-ring (bicyclic) bond motifs is 14. The second kappa shape index (κ2) is 14.2. The van der Waals surface area contributed by atoms with Crippen LogP contribution in [0.5, 0.6) is 0 Å². The molecule has 64 heavy (non-hydrogen) atoms. The fourth-order valence-electron chi connectivity index (χ4n) is 10.8. The maximum absolute atomic E-state index is 2.47. The molecule has 0 atom stereocenters. The van der Waals surface area contributed by atoms with Crippen molar-refractivity contribution in [2.75, 3.05) is 0 Å². The van der Waals surface area contributed by atoms with E-state index >= 15 is 0 Å². The van der Waals surface area contributed by atoms with Crippen LogP contribution < -0.4 is 0 Å². The van der Waals surface area contributed by atoms with E-state index in [9.17, 15) is 0 Å². The molecule has 300 valence electrons. The topological polar surface area (TPSA) is 9.86 Å². The van der Waals surface area contributed by atoms with E-state index in [1.54, 1.807) is 0 Å². The van der Waals surface area contributed by atoms with E-state index in [-0.39, 0.29) is 0 Å². The molecule has 1 aliphatic carbocycles. The van der Waals surface area contributed by atoms with Crippen molar-refractivity contribution in [3.63, 3.8) is 0 Å². The summed E-state index contributed by atoms with van der Waals surface area (Å²) in [4.78, 5) is 0. The average Bonchev–Trinajstić information content (AvgIpc) is 3.86. The van der Waals surface area contributed by atoms with Gasteiger partial charge in [0.25, 0.3) is 0 Å². The molecule has 13 rings (SSSR count). The van der Waals surface area contributed by atoms with Crippen LogP contribution in [0.2, 0.25) is 0 Å². The van der Waals surface area contributed by atoms with Crippen LogP contribution >= 0.6 is 0 Å². The van der Waals surface area contributed by atoms with Gasteiger partial charge in [-0.25, -0.2) is 0 Å². The van der Waals surface area contributed by atoms with Crippen molar-refractivity contribution < 1.29 is 0 Å². The second-order valence-corrected chi connectivity index (χ2v) is 17.3. The number of benzene rings is 10. The highest BCUT2D eigenvalue weighted by Crippen LogP contribution is 2.50. The van der Waals surface area contributed by atoms with Crippen molar-refractivity contribution in [3.05, 3.63) is 230 Å². The third-order valence-electron chi connectivity index (χ3n) is 13.8. The highest BCUT2D eigenvalue weighted by Gasteiger charge is 2.25. The average molecular weight is 815 g/mol. The van der Waals surface area contributed by atoms with Crippen molar-refractivity contribution in [1.29, 1.82) is 0 Å². The van der Waals surface area contributed by atoms with Gasteiger partial charge in [-0.05, 0) is 152 Å². The Hall–Kier alpha value is -8.20. The SMILES string of the molecule is Cc1ccccc1-c1ccc2c(c1)c1ccccc1n2-c1ccc2c(c1)-c1cc(-n3c4ccccc4c4cc(-c5ccccc5C)ccc43)ccc1-c1ccccc1-c1ccccc1-2.